The second kappa shape index (κ2) is 11.2. The molecule has 10 rings (SSSR count). The van der Waals surface area contributed by atoms with Crippen molar-refractivity contribution in [2.75, 3.05) is 4.90 Å². The Morgan fingerprint density at radius 3 is 2.04 bits per heavy atom. The molecule has 0 unspecified atom stereocenters. The lowest BCUT2D eigenvalue weighted by atomic mass is 10.00. The van der Waals surface area contributed by atoms with Crippen LogP contribution in [0.4, 0.5) is 17.1 Å². The van der Waals surface area contributed by atoms with Gasteiger partial charge in [0.25, 0.3) is 0 Å². The van der Waals surface area contributed by atoms with E-state index in [9.17, 15) is 0 Å². The summed E-state index contributed by atoms with van der Waals surface area (Å²) in [6, 6.07) is 63.2. The average Bonchev–Trinajstić information content (AvgIpc) is 3.74. The van der Waals surface area contributed by atoms with Gasteiger partial charge >= 0.3 is 0 Å². The Balaban J connectivity index is 1.10. The Labute approximate surface area is 287 Å². The van der Waals surface area contributed by atoms with Crippen molar-refractivity contribution in [2.45, 2.75) is 0 Å². The average molecular weight is 644 g/mol. The van der Waals surface area contributed by atoms with E-state index in [0.717, 1.165) is 55.6 Å². The summed E-state index contributed by atoms with van der Waals surface area (Å²) in [5.74, 6) is 0. The van der Waals surface area contributed by atoms with Crippen molar-refractivity contribution in [1.82, 2.24) is 0 Å². The van der Waals surface area contributed by atoms with Crippen molar-refractivity contribution in [2.24, 2.45) is 0 Å². The van der Waals surface area contributed by atoms with E-state index < -0.39 is 0 Å². The molecule has 0 spiro atoms. The summed E-state index contributed by atoms with van der Waals surface area (Å²) in [5.41, 5.74) is 9.86. The first kappa shape index (κ1) is 27.9. The van der Waals surface area contributed by atoms with Crippen molar-refractivity contribution >= 4 is 81.3 Å². The molecule has 0 bridgehead atoms. The molecule has 8 aromatic carbocycles. The molecule has 2 heterocycles. The van der Waals surface area contributed by atoms with E-state index in [1.807, 2.05) is 17.4 Å². The van der Waals surface area contributed by atoms with Crippen molar-refractivity contribution in [3.8, 4) is 22.3 Å². The minimum absolute atomic E-state index is 0.901. The third kappa shape index (κ3) is 4.62. The monoisotopic (exact) mass is 643 g/mol. The molecule has 0 saturated carbocycles. The molecular formula is C46H29NOS. The van der Waals surface area contributed by atoms with Gasteiger partial charge in [0.15, 0.2) is 0 Å². The summed E-state index contributed by atoms with van der Waals surface area (Å²) in [7, 11) is 0. The van der Waals surface area contributed by atoms with Crippen LogP contribution in [0.5, 0.6) is 0 Å². The number of furan rings is 1. The van der Waals surface area contributed by atoms with Crippen molar-refractivity contribution in [3.05, 3.63) is 176 Å². The summed E-state index contributed by atoms with van der Waals surface area (Å²) >= 11 is 1.86. The number of hydrogen-bond acceptors (Lipinski definition) is 3. The van der Waals surface area contributed by atoms with Gasteiger partial charge in [0.1, 0.15) is 11.2 Å². The van der Waals surface area contributed by atoms with Crippen LogP contribution in [0.2, 0.25) is 0 Å². The maximum atomic E-state index is 6.46. The highest BCUT2D eigenvalue weighted by Crippen LogP contribution is 2.45. The Hall–Kier alpha value is -6.16. The van der Waals surface area contributed by atoms with Crippen LogP contribution in [0, 0.1) is 0 Å². The Morgan fingerprint density at radius 2 is 1.14 bits per heavy atom. The van der Waals surface area contributed by atoms with Gasteiger partial charge in [0.05, 0.1) is 10.4 Å². The quantitative estimate of drug-likeness (QED) is 0.186. The molecule has 0 saturated heterocycles. The molecular weight excluding hydrogens is 615 g/mol. The van der Waals surface area contributed by atoms with Gasteiger partial charge in [-0.25, -0.2) is 0 Å². The molecule has 0 aliphatic heterocycles. The summed E-state index contributed by atoms with van der Waals surface area (Å²) in [6.45, 7) is 0. The number of fused-ring (bicyclic) bond motifs is 7. The summed E-state index contributed by atoms with van der Waals surface area (Å²) in [5, 5.41) is 7.31. The maximum absolute atomic E-state index is 6.46. The van der Waals surface area contributed by atoms with Crippen LogP contribution in [0.15, 0.2) is 180 Å². The second-order valence-corrected chi connectivity index (χ2v) is 13.6. The maximum Gasteiger partial charge on any atom is 0.143 e. The molecule has 0 radical (unpaired) electrons. The molecule has 230 valence electrons. The van der Waals surface area contributed by atoms with Crippen LogP contribution in [0.1, 0.15) is 0 Å². The molecule has 2 aromatic heterocycles. The minimum atomic E-state index is 0.901. The Bertz CT molecular complexity index is 2830. The highest BCUT2D eigenvalue weighted by molar-refractivity contribution is 7.26. The fraction of sp³-hybridized carbons (Fsp3) is 0. The van der Waals surface area contributed by atoms with Gasteiger partial charge in [-0.05, 0) is 76.0 Å². The lowest BCUT2D eigenvalue weighted by molar-refractivity contribution is 0.670. The van der Waals surface area contributed by atoms with E-state index in [2.05, 4.69) is 175 Å². The molecule has 3 heteroatoms. The number of hydrogen-bond donors (Lipinski definition) is 0. The van der Waals surface area contributed by atoms with Gasteiger partial charge in [0.2, 0.25) is 0 Å². The van der Waals surface area contributed by atoms with Gasteiger partial charge in [-0.3, -0.25) is 0 Å². The zero-order valence-corrected chi connectivity index (χ0v) is 27.3. The van der Waals surface area contributed by atoms with Gasteiger partial charge in [-0.1, -0.05) is 127 Å². The standard InChI is InChI=1S/C46H29NOS/c1-2-11-32(12-3-1)37-15-8-16-39-41-29-34(23-27-43(41)48-45(37)39)31-20-24-35(25-21-31)47(36-26-22-30-10-4-5-13-33(30)28-36)42-18-9-17-40-38-14-6-7-19-44(38)49-46(40)42/h1-29H. The van der Waals surface area contributed by atoms with Crippen LogP contribution in [0.25, 0.3) is 75.1 Å². The minimum Gasteiger partial charge on any atom is -0.455 e. The highest BCUT2D eigenvalue weighted by Gasteiger charge is 2.19. The second-order valence-electron chi connectivity index (χ2n) is 12.5. The lowest BCUT2D eigenvalue weighted by Crippen LogP contribution is -2.10. The highest BCUT2D eigenvalue weighted by atomic mass is 32.1. The SMILES string of the molecule is c1ccc(-c2cccc3c2oc2ccc(-c4ccc(N(c5ccc6ccccc6c5)c5cccc6c5sc5ccccc56)cc4)cc23)cc1. The number of thiophene rings is 1. The first-order chi connectivity index (χ1) is 24.3. The van der Waals surface area contributed by atoms with Crippen LogP contribution < -0.4 is 4.90 Å². The Kier molecular flexibility index (Phi) is 6.39. The molecule has 0 aliphatic carbocycles. The summed E-state index contributed by atoms with van der Waals surface area (Å²) in [4.78, 5) is 2.41. The van der Waals surface area contributed by atoms with Crippen molar-refractivity contribution < 1.29 is 4.42 Å². The molecule has 0 N–H and O–H groups in total. The third-order valence-electron chi connectivity index (χ3n) is 9.66. The molecule has 0 atom stereocenters. The van der Waals surface area contributed by atoms with E-state index in [-0.39, 0.29) is 0 Å². The summed E-state index contributed by atoms with van der Waals surface area (Å²) in [6.07, 6.45) is 0. The van der Waals surface area contributed by atoms with Gasteiger partial charge < -0.3 is 9.32 Å². The number of para-hydroxylation sites is 1. The first-order valence-corrected chi connectivity index (χ1v) is 17.4. The zero-order chi connectivity index (χ0) is 32.3. The molecule has 10 aromatic rings. The van der Waals surface area contributed by atoms with E-state index >= 15 is 0 Å². The fourth-order valence-corrected chi connectivity index (χ4v) is 8.48. The van der Waals surface area contributed by atoms with Gasteiger partial charge in [0, 0.05) is 43.2 Å². The predicted octanol–water partition coefficient (Wildman–Crippen LogP) is 13.9. The van der Waals surface area contributed by atoms with Crippen LogP contribution in [-0.4, -0.2) is 0 Å². The fourth-order valence-electron chi connectivity index (χ4n) is 7.28. The van der Waals surface area contributed by atoms with Crippen LogP contribution >= 0.6 is 11.3 Å². The van der Waals surface area contributed by atoms with Crippen LogP contribution in [0.3, 0.4) is 0 Å². The number of benzene rings is 8. The van der Waals surface area contributed by atoms with E-state index in [0.29, 0.717) is 0 Å². The predicted molar refractivity (Wildman–Crippen MR) is 210 cm³/mol. The smallest absolute Gasteiger partial charge is 0.143 e. The molecule has 0 aliphatic rings. The van der Waals surface area contributed by atoms with Crippen LogP contribution in [-0.2, 0) is 0 Å². The topological polar surface area (TPSA) is 16.4 Å². The largest absolute Gasteiger partial charge is 0.455 e. The zero-order valence-electron chi connectivity index (χ0n) is 26.5. The number of rotatable bonds is 5. The van der Waals surface area contributed by atoms with Crippen molar-refractivity contribution in [3.63, 3.8) is 0 Å². The lowest BCUT2D eigenvalue weighted by Gasteiger charge is -2.26. The van der Waals surface area contributed by atoms with E-state index in [1.165, 1.54) is 36.6 Å². The molecule has 0 fully saturated rings. The van der Waals surface area contributed by atoms with Gasteiger partial charge in [-0.2, -0.15) is 0 Å². The first-order valence-electron chi connectivity index (χ1n) is 16.6. The summed E-state index contributed by atoms with van der Waals surface area (Å²) < 4.78 is 9.05. The molecule has 49 heavy (non-hydrogen) atoms. The normalized spacial score (nSPS) is 11.7. The van der Waals surface area contributed by atoms with E-state index in [1.54, 1.807) is 0 Å². The van der Waals surface area contributed by atoms with Crippen molar-refractivity contribution in [1.29, 1.82) is 0 Å². The van der Waals surface area contributed by atoms with E-state index in [4.69, 9.17) is 4.42 Å². The number of nitrogens with zero attached hydrogens (tertiary/aromatic N) is 1. The number of anilines is 3. The molecule has 0 amide bonds. The third-order valence-corrected chi connectivity index (χ3v) is 10.9. The van der Waals surface area contributed by atoms with Gasteiger partial charge in [-0.15, -0.1) is 11.3 Å². The Morgan fingerprint density at radius 1 is 0.429 bits per heavy atom. The molecule has 2 nitrogen and oxygen atoms in total.